The Morgan fingerprint density at radius 1 is 0.462 bits per heavy atom. The lowest BCUT2D eigenvalue weighted by Crippen LogP contribution is -2.29. The molecule has 0 aliphatic heterocycles. The fraction of sp³-hybridized carbons (Fsp3) is 0.250. The van der Waals surface area contributed by atoms with E-state index >= 15 is 0 Å². The van der Waals surface area contributed by atoms with Crippen LogP contribution >= 0.6 is 11.1 Å². The second-order valence-electron chi connectivity index (χ2n) is 7.11. The van der Waals surface area contributed by atoms with Gasteiger partial charge in [-0.1, -0.05) is 91.0 Å². The molecule has 26 heavy (non-hydrogen) atoms. The van der Waals surface area contributed by atoms with E-state index in [2.05, 4.69) is 91.0 Å². The Labute approximate surface area is 163 Å². The molecule has 0 saturated heterocycles. The summed E-state index contributed by atoms with van der Waals surface area (Å²) in [6, 6.07) is 35.8. The van der Waals surface area contributed by atoms with E-state index in [0.717, 1.165) is 37.4 Å². The minimum Gasteiger partial charge on any atom is -0.167 e. The topological polar surface area (TPSA) is 0 Å². The van der Waals surface area contributed by atoms with Gasteiger partial charge < -0.3 is 0 Å². The molecule has 0 aromatic heterocycles. The van der Waals surface area contributed by atoms with E-state index < -0.39 is 7.38 Å². The summed E-state index contributed by atoms with van der Waals surface area (Å²) in [5, 5.41) is 0. The van der Waals surface area contributed by atoms with Crippen LogP contribution in [0.2, 0.25) is 18.1 Å². The maximum Gasteiger partial charge on any atom is 0.157 e. The van der Waals surface area contributed by atoms with Gasteiger partial charge in [0.25, 0.3) is 0 Å². The molecule has 0 amide bonds. The number of hydrogen-bond donors (Lipinski definition) is 0. The Morgan fingerprint density at radius 2 is 0.731 bits per heavy atom. The molecule has 0 atom stereocenters. The van der Waals surface area contributed by atoms with Gasteiger partial charge in [0.1, 0.15) is 0 Å². The fourth-order valence-electron chi connectivity index (χ4n) is 3.41. The van der Waals surface area contributed by atoms with Crippen LogP contribution in [0.5, 0.6) is 0 Å². The van der Waals surface area contributed by atoms with Gasteiger partial charge in [-0.15, -0.1) is 0 Å². The van der Waals surface area contributed by atoms with Crippen LogP contribution in [0.25, 0.3) is 0 Å². The molecule has 3 aromatic rings. The molecule has 0 spiro atoms. The van der Waals surface area contributed by atoms with Crippen LogP contribution in [0.4, 0.5) is 0 Å². The quantitative estimate of drug-likeness (QED) is 0.280. The zero-order valence-corrected chi connectivity index (χ0v) is 17.0. The molecule has 0 saturated carbocycles. The Kier molecular flexibility index (Phi) is 7.10. The van der Waals surface area contributed by atoms with Crippen molar-refractivity contribution in [2.75, 3.05) is 0 Å². The first-order valence-electron chi connectivity index (χ1n) is 9.54. The lowest BCUT2D eigenvalue weighted by molar-refractivity contribution is 0.991. The zero-order valence-electron chi connectivity index (χ0n) is 15.3. The molecule has 3 aromatic carbocycles. The molecule has 0 heterocycles. The standard InChI is InChI=1S/C24H27ClSi/c25-26(19-16-22-10-4-1-5-11-22,20-17-23-12-6-2-7-13-23)21-18-24-14-8-3-9-15-24/h1-15H,16-21H2. The first-order chi connectivity index (χ1) is 12.7. The second-order valence-corrected chi connectivity index (χ2v) is 13.3. The van der Waals surface area contributed by atoms with Crippen LogP contribution < -0.4 is 0 Å². The van der Waals surface area contributed by atoms with Crippen LogP contribution in [0, 0.1) is 0 Å². The van der Waals surface area contributed by atoms with E-state index in [0.29, 0.717) is 0 Å². The number of halogens is 1. The van der Waals surface area contributed by atoms with Crippen LogP contribution in [0.1, 0.15) is 16.7 Å². The molecule has 2 heteroatoms. The Morgan fingerprint density at radius 3 is 1.00 bits per heavy atom. The normalized spacial score (nSPS) is 11.4. The monoisotopic (exact) mass is 378 g/mol. The van der Waals surface area contributed by atoms with Crippen molar-refractivity contribution in [2.24, 2.45) is 0 Å². The summed E-state index contributed by atoms with van der Waals surface area (Å²) in [7, 11) is -1.83. The van der Waals surface area contributed by atoms with Gasteiger partial charge in [-0.25, -0.2) is 0 Å². The third-order valence-corrected chi connectivity index (χ3v) is 10.3. The van der Waals surface area contributed by atoms with Crippen LogP contribution in [0.15, 0.2) is 91.0 Å². The van der Waals surface area contributed by atoms with Crippen LogP contribution in [-0.4, -0.2) is 7.38 Å². The predicted octanol–water partition coefficient (Wildman–Crippen LogP) is 6.90. The van der Waals surface area contributed by atoms with Crippen LogP contribution in [-0.2, 0) is 19.3 Å². The van der Waals surface area contributed by atoms with Gasteiger partial charge in [-0.05, 0) is 54.1 Å². The molecule has 0 nitrogen and oxygen atoms in total. The Balaban J connectivity index is 1.64. The molecule has 0 N–H and O–H groups in total. The van der Waals surface area contributed by atoms with Crippen molar-refractivity contribution in [3.8, 4) is 0 Å². The third kappa shape index (κ3) is 6.16. The number of benzene rings is 3. The van der Waals surface area contributed by atoms with Gasteiger partial charge in [-0.3, -0.25) is 0 Å². The highest BCUT2D eigenvalue weighted by Crippen LogP contribution is 2.31. The van der Waals surface area contributed by atoms with Crippen molar-refractivity contribution >= 4 is 18.5 Å². The van der Waals surface area contributed by atoms with E-state index in [-0.39, 0.29) is 0 Å². The molecular weight excluding hydrogens is 352 g/mol. The van der Waals surface area contributed by atoms with Crippen molar-refractivity contribution in [2.45, 2.75) is 37.4 Å². The average molecular weight is 379 g/mol. The lowest BCUT2D eigenvalue weighted by Gasteiger charge is -2.25. The highest BCUT2D eigenvalue weighted by Gasteiger charge is 2.30. The average Bonchev–Trinajstić information content (AvgIpc) is 2.72. The van der Waals surface area contributed by atoms with Crippen molar-refractivity contribution < 1.29 is 0 Å². The van der Waals surface area contributed by atoms with Crippen molar-refractivity contribution in [3.05, 3.63) is 108 Å². The molecule has 134 valence electrons. The van der Waals surface area contributed by atoms with Crippen molar-refractivity contribution in [1.29, 1.82) is 0 Å². The minimum atomic E-state index is -1.83. The summed E-state index contributed by atoms with van der Waals surface area (Å²) in [6.45, 7) is 0. The van der Waals surface area contributed by atoms with Gasteiger partial charge in [0.2, 0.25) is 0 Å². The number of rotatable bonds is 9. The van der Waals surface area contributed by atoms with E-state index in [9.17, 15) is 0 Å². The second kappa shape index (κ2) is 9.75. The molecule has 0 aliphatic carbocycles. The number of aryl methyl sites for hydroxylation is 3. The number of hydrogen-bond acceptors (Lipinski definition) is 0. The van der Waals surface area contributed by atoms with E-state index in [4.69, 9.17) is 11.1 Å². The van der Waals surface area contributed by atoms with E-state index in [1.165, 1.54) is 16.7 Å². The van der Waals surface area contributed by atoms with Gasteiger partial charge in [0, 0.05) is 0 Å². The van der Waals surface area contributed by atoms with Gasteiger partial charge in [0.05, 0.1) is 0 Å². The first-order valence-corrected chi connectivity index (χ1v) is 13.2. The maximum absolute atomic E-state index is 7.33. The molecule has 0 radical (unpaired) electrons. The zero-order chi connectivity index (χ0) is 18.1. The summed E-state index contributed by atoms with van der Waals surface area (Å²) in [4.78, 5) is 0. The molecule has 0 aliphatic rings. The summed E-state index contributed by atoms with van der Waals surface area (Å²) in [6.07, 6.45) is 3.29. The molecule has 0 unspecified atom stereocenters. The summed E-state index contributed by atoms with van der Waals surface area (Å²) >= 11 is 7.33. The van der Waals surface area contributed by atoms with Crippen LogP contribution in [0.3, 0.4) is 0 Å². The van der Waals surface area contributed by atoms with Gasteiger partial charge in [0.15, 0.2) is 7.38 Å². The largest absolute Gasteiger partial charge is 0.167 e. The van der Waals surface area contributed by atoms with Gasteiger partial charge >= 0.3 is 0 Å². The molecule has 0 fully saturated rings. The smallest absolute Gasteiger partial charge is 0.157 e. The first kappa shape index (κ1) is 18.9. The predicted molar refractivity (Wildman–Crippen MR) is 116 cm³/mol. The van der Waals surface area contributed by atoms with E-state index in [1.807, 2.05) is 0 Å². The fourth-order valence-corrected chi connectivity index (χ4v) is 7.22. The van der Waals surface area contributed by atoms with E-state index in [1.54, 1.807) is 0 Å². The Hall–Kier alpha value is -1.83. The minimum absolute atomic E-state index is 1.10. The highest BCUT2D eigenvalue weighted by molar-refractivity contribution is 7.20. The SMILES string of the molecule is Cl[Si](CCc1ccccc1)(CCc1ccccc1)CCc1ccccc1. The van der Waals surface area contributed by atoms with Gasteiger partial charge in [-0.2, -0.15) is 11.1 Å². The van der Waals surface area contributed by atoms with Crippen molar-refractivity contribution in [3.63, 3.8) is 0 Å². The maximum atomic E-state index is 7.33. The summed E-state index contributed by atoms with van der Waals surface area (Å²) < 4.78 is 0. The summed E-state index contributed by atoms with van der Waals surface area (Å²) in [5.74, 6) is 0. The lowest BCUT2D eigenvalue weighted by atomic mass is 10.2. The molecule has 3 rings (SSSR count). The third-order valence-electron chi connectivity index (χ3n) is 5.11. The summed E-state index contributed by atoms with van der Waals surface area (Å²) in [5.41, 5.74) is 4.22. The Bertz CT molecular complexity index is 650. The molecular formula is C24H27ClSi. The molecule has 0 bridgehead atoms. The highest BCUT2D eigenvalue weighted by atomic mass is 35.6. The van der Waals surface area contributed by atoms with Crippen molar-refractivity contribution in [1.82, 2.24) is 0 Å².